The quantitative estimate of drug-likeness (QED) is 0.714. The molecule has 2 N–H and O–H groups in total. The van der Waals surface area contributed by atoms with Gasteiger partial charge in [0.05, 0.1) is 4.91 Å². The Bertz CT molecular complexity index is 201. The lowest BCUT2D eigenvalue weighted by Crippen LogP contribution is -2.23. The van der Waals surface area contributed by atoms with Crippen LogP contribution in [0, 0.1) is 5.41 Å². The van der Waals surface area contributed by atoms with Gasteiger partial charge in [-0.05, 0) is 21.7 Å². The van der Waals surface area contributed by atoms with Gasteiger partial charge < -0.3 is 5.32 Å². The summed E-state index contributed by atoms with van der Waals surface area (Å²) in [6.45, 7) is 0. The number of allylic oxidation sites excluding steroid dienone is 1. The number of nitrogens with one attached hydrogen (secondary N) is 2. The van der Waals surface area contributed by atoms with Crippen LogP contribution in [-0.4, -0.2) is 18.9 Å². The molecule has 7 heteroatoms. The third kappa shape index (κ3) is 3.36. The van der Waals surface area contributed by atoms with E-state index in [1.165, 1.54) is 7.05 Å². The van der Waals surface area contributed by atoms with E-state index in [1.807, 2.05) is 0 Å². The van der Waals surface area contributed by atoms with Crippen LogP contribution in [0.4, 0.5) is 13.2 Å². The highest BCUT2D eigenvalue weighted by molar-refractivity contribution is 8.24. The Labute approximate surface area is 76.2 Å². The molecule has 2 nitrogen and oxygen atoms in total. The van der Waals surface area contributed by atoms with Gasteiger partial charge >= 0.3 is 6.18 Å². The molecule has 12 heavy (non-hydrogen) atoms. The molecule has 0 radical (unpaired) electrons. The Balaban J connectivity index is 4.55. The van der Waals surface area contributed by atoms with Gasteiger partial charge in [0.25, 0.3) is 0 Å². The van der Waals surface area contributed by atoms with Gasteiger partial charge in [-0.15, -0.1) is 0 Å². The highest BCUT2D eigenvalue weighted by Gasteiger charge is 2.36. The van der Waals surface area contributed by atoms with Crippen molar-refractivity contribution in [3.63, 3.8) is 0 Å². The summed E-state index contributed by atoms with van der Waals surface area (Å²) in [6.07, 6.45) is -3.63. The molecule has 0 aromatic carbocycles. The summed E-state index contributed by atoms with van der Waals surface area (Å²) < 4.78 is 35.5. The summed E-state index contributed by atoms with van der Waals surface area (Å²) in [5.41, 5.74) is -1.45. The molecule has 0 aliphatic rings. The van der Waals surface area contributed by atoms with E-state index < -0.39 is 11.9 Å². The lowest BCUT2D eigenvalue weighted by molar-refractivity contribution is -0.0585. The van der Waals surface area contributed by atoms with Gasteiger partial charge in [-0.2, -0.15) is 13.2 Å². The molecule has 0 aromatic heterocycles. The third-order valence-electron chi connectivity index (χ3n) is 0.888. The van der Waals surface area contributed by atoms with Gasteiger partial charge in [0.2, 0.25) is 0 Å². The zero-order chi connectivity index (χ0) is 9.78. The molecule has 0 spiro atoms. The van der Waals surface area contributed by atoms with E-state index in [1.54, 1.807) is 0 Å². The molecular weight excluding hydrogens is 213 g/mol. The van der Waals surface area contributed by atoms with Crippen molar-refractivity contribution in [3.05, 3.63) is 11.1 Å². The van der Waals surface area contributed by atoms with Crippen molar-refractivity contribution in [2.75, 3.05) is 7.05 Å². The first-order valence-corrected chi connectivity index (χ1v) is 4.40. The fourth-order valence-electron chi connectivity index (χ4n) is 0.404. The predicted octanol–water partition coefficient (Wildman–Crippen LogP) is 2.52. The molecule has 0 fully saturated rings. The fourth-order valence-corrected chi connectivity index (χ4v) is 1.12. The van der Waals surface area contributed by atoms with E-state index >= 15 is 0 Å². The van der Waals surface area contributed by atoms with E-state index in [2.05, 4.69) is 5.32 Å². The average Bonchev–Trinajstić information content (AvgIpc) is 1.97. The standard InChI is InChI=1S/C5H6ClF3N2S/c1-11-2-3(12-6)4(10)5(7,8)9/h2,10-11H,1H3/b3-2+,10-4?. The first-order chi connectivity index (χ1) is 5.43. The molecule has 0 heterocycles. The molecule has 0 saturated heterocycles. The van der Waals surface area contributed by atoms with Gasteiger partial charge in [0, 0.05) is 13.2 Å². The maximum Gasteiger partial charge on any atom is 0.433 e. The molecule has 0 aliphatic carbocycles. The summed E-state index contributed by atoms with van der Waals surface area (Å²) >= 11 is 0. The summed E-state index contributed by atoms with van der Waals surface area (Å²) in [7, 11) is 6.90. The zero-order valence-corrected chi connectivity index (χ0v) is 7.57. The van der Waals surface area contributed by atoms with Crippen molar-refractivity contribution < 1.29 is 13.2 Å². The van der Waals surface area contributed by atoms with E-state index in [-0.39, 0.29) is 4.91 Å². The lowest BCUT2D eigenvalue weighted by Gasteiger charge is -2.08. The highest BCUT2D eigenvalue weighted by atomic mass is 35.7. The Hall–Kier alpha value is -0.360. The molecule has 70 valence electrons. The lowest BCUT2D eigenvalue weighted by atomic mass is 10.3. The summed E-state index contributed by atoms with van der Waals surface area (Å²) in [5, 5.41) is 9.03. The van der Waals surface area contributed by atoms with Crippen LogP contribution in [0.3, 0.4) is 0 Å². The Morgan fingerprint density at radius 3 is 2.33 bits per heavy atom. The normalized spacial score (nSPS) is 12.9. The summed E-state index contributed by atoms with van der Waals surface area (Å²) in [4.78, 5) is -0.355. The molecule has 0 aromatic rings. The minimum atomic E-state index is -4.65. The average molecular weight is 219 g/mol. The van der Waals surface area contributed by atoms with Crippen LogP contribution in [0.2, 0.25) is 0 Å². The van der Waals surface area contributed by atoms with Crippen LogP contribution in [0.5, 0.6) is 0 Å². The van der Waals surface area contributed by atoms with Crippen molar-refractivity contribution in [3.8, 4) is 0 Å². The van der Waals surface area contributed by atoms with Crippen molar-refractivity contribution in [2.45, 2.75) is 6.18 Å². The van der Waals surface area contributed by atoms with Crippen LogP contribution in [0.1, 0.15) is 0 Å². The number of halogens is 4. The second-order valence-electron chi connectivity index (χ2n) is 1.75. The molecule has 0 atom stereocenters. The van der Waals surface area contributed by atoms with Crippen LogP contribution >= 0.6 is 21.7 Å². The molecule has 0 rings (SSSR count). The maximum atomic E-state index is 11.8. The number of hydrogen-bond donors (Lipinski definition) is 2. The van der Waals surface area contributed by atoms with Gasteiger partial charge in [0.1, 0.15) is 0 Å². The molecule has 0 bridgehead atoms. The maximum absolute atomic E-state index is 11.8. The number of alkyl halides is 3. The molecule has 0 aliphatic heterocycles. The second kappa shape index (κ2) is 4.61. The second-order valence-corrected chi connectivity index (χ2v) is 2.80. The Morgan fingerprint density at radius 1 is 1.58 bits per heavy atom. The van der Waals surface area contributed by atoms with Crippen LogP contribution < -0.4 is 5.32 Å². The van der Waals surface area contributed by atoms with E-state index in [4.69, 9.17) is 16.1 Å². The summed E-state index contributed by atoms with van der Waals surface area (Å²) in [6, 6.07) is 0. The van der Waals surface area contributed by atoms with Gasteiger partial charge in [-0.1, -0.05) is 0 Å². The highest BCUT2D eigenvalue weighted by Crippen LogP contribution is 2.29. The van der Waals surface area contributed by atoms with E-state index in [0.29, 0.717) is 11.0 Å². The van der Waals surface area contributed by atoms with Crippen molar-refractivity contribution in [1.82, 2.24) is 5.32 Å². The molecule has 0 unspecified atom stereocenters. The number of rotatable bonds is 3. The van der Waals surface area contributed by atoms with Crippen molar-refractivity contribution in [1.29, 1.82) is 5.41 Å². The van der Waals surface area contributed by atoms with Crippen molar-refractivity contribution in [2.24, 2.45) is 0 Å². The van der Waals surface area contributed by atoms with E-state index in [0.717, 1.165) is 6.20 Å². The smallest absolute Gasteiger partial charge is 0.393 e. The van der Waals surface area contributed by atoms with Gasteiger partial charge in [-0.3, -0.25) is 5.41 Å². The zero-order valence-electron chi connectivity index (χ0n) is 6.00. The Kier molecular flexibility index (Phi) is 4.47. The first kappa shape index (κ1) is 11.6. The van der Waals surface area contributed by atoms with Crippen molar-refractivity contribution >= 4 is 27.4 Å². The SMILES string of the molecule is CN/C=C(/SCl)C(=N)C(F)(F)F. The monoisotopic (exact) mass is 218 g/mol. The van der Waals surface area contributed by atoms with E-state index in [9.17, 15) is 13.2 Å². The first-order valence-electron chi connectivity index (χ1n) is 2.75. The molecular formula is C5H6ClF3N2S. The minimum absolute atomic E-state index is 0.355. The largest absolute Gasteiger partial charge is 0.433 e. The van der Waals surface area contributed by atoms with Crippen LogP contribution in [0.15, 0.2) is 11.1 Å². The minimum Gasteiger partial charge on any atom is -0.393 e. The molecule has 0 saturated carbocycles. The van der Waals surface area contributed by atoms with Gasteiger partial charge in [-0.25, -0.2) is 0 Å². The predicted molar refractivity (Wildman–Crippen MR) is 44.4 cm³/mol. The Morgan fingerprint density at radius 2 is 2.08 bits per heavy atom. The topological polar surface area (TPSA) is 35.9 Å². The van der Waals surface area contributed by atoms with Crippen LogP contribution in [0.25, 0.3) is 0 Å². The summed E-state index contributed by atoms with van der Waals surface area (Å²) in [5.74, 6) is 0. The third-order valence-corrected chi connectivity index (χ3v) is 1.88. The fraction of sp³-hybridized carbons (Fsp3) is 0.400. The molecule has 0 amide bonds. The number of hydrogen-bond acceptors (Lipinski definition) is 3. The van der Waals surface area contributed by atoms with Crippen LogP contribution in [-0.2, 0) is 0 Å². The van der Waals surface area contributed by atoms with Gasteiger partial charge in [0.15, 0.2) is 5.71 Å².